The van der Waals surface area contributed by atoms with Crippen molar-refractivity contribution in [2.45, 2.75) is 32.6 Å². The summed E-state index contributed by atoms with van der Waals surface area (Å²) < 4.78 is 0. The molecular formula is C12H20N2O. The molecular weight excluding hydrogens is 188 g/mol. The fourth-order valence-electron chi connectivity index (χ4n) is 2.16. The predicted octanol–water partition coefficient (Wildman–Crippen LogP) is 0.891. The van der Waals surface area contributed by atoms with Gasteiger partial charge in [-0.2, -0.15) is 0 Å². The van der Waals surface area contributed by atoms with Crippen LogP contribution in [0.15, 0.2) is 0 Å². The molecule has 1 rings (SSSR count). The summed E-state index contributed by atoms with van der Waals surface area (Å²) >= 11 is 0. The molecule has 1 saturated carbocycles. The van der Waals surface area contributed by atoms with E-state index >= 15 is 0 Å². The van der Waals surface area contributed by atoms with Crippen LogP contribution in [-0.4, -0.2) is 19.0 Å². The van der Waals surface area contributed by atoms with Gasteiger partial charge in [0.25, 0.3) is 0 Å². The summed E-state index contributed by atoms with van der Waals surface area (Å²) in [6.45, 7) is 2.95. The first kappa shape index (κ1) is 12.1. The number of carbonyl (C=O) groups excluding carboxylic acids is 1. The number of nitrogens with one attached hydrogen (secondary N) is 1. The summed E-state index contributed by atoms with van der Waals surface area (Å²) in [5.41, 5.74) is 5.39. The van der Waals surface area contributed by atoms with Crippen LogP contribution >= 0.6 is 0 Å². The zero-order chi connectivity index (χ0) is 11.3. The topological polar surface area (TPSA) is 55.1 Å². The van der Waals surface area contributed by atoms with Crippen molar-refractivity contribution in [1.82, 2.24) is 5.32 Å². The Morgan fingerprint density at radius 1 is 1.60 bits per heavy atom. The van der Waals surface area contributed by atoms with Crippen molar-refractivity contribution >= 4 is 5.91 Å². The van der Waals surface area contributed by atoms with E-state index in [0.29, 0.717) is 19.0 Å². The van der Waals surface area contributed by atoms with Gasteiger partial charge in [0.05, 0.1) is 12.0 Å². The van der Waals surface area contributed by atoms with Crippen LogP contribution < -0.4 is 11.1 Å². The van der Waals surface area contributed by atoms with Gasteiger partial charge in [-0.1, -0.05) is 12.8 Å². The van der Waals surface area contributed by atoms with Crippen molar-refractivity contribution < 1.29 is 4.79 Å². The number of hydrogen-bond acceptors (Lipinski definition) is 2. The summed E-state index contributed by atoms with van der Waals surface area (Å²) in [7, 11) is 0. The van der Waals surface area contributed by atoms with Gasteiger partial charge in [-0.15, -0.1) is 6.42 Å². The highest BCUT2D eigenvalue weighted by Crippen LogP contribution is 2.38. The van der Waals surface area contributed by atoms with E-state index in [2.05, 4.69) is 18.2 Å². The maximum absolute atomic E-state index is 11.9. The first-order chi connectivity index (χ1) is 7.14. The lowest BCUT2D eigenvalue weighted by atomic mass is 9.70. The molecule has 1 amide bonds. The first-order valence-corrected chi connectivity index (χ1v) is 5.56. The number of rotatable bonds is 3. The van der Waals surface area contributed by atoms with E-state index in [1.807, 2.05) is 0 Å². The van der Waals surface area contributed by atoms with Crippen molar-refractivity contribution in [2.75, 3.05) is 13.1 Å². The molecule has 0 aromatic rings. The van der Waals surface area contributed by atoms with Crippen LogP contribution in [0.5, 0.6) is 0 Å². The van der Waals surface area contributed by atoms with Gasteiger partial charge in [-0.05, 0) is 31.6 Å². The van der Waals surface area contributed by atoms with Crippen LogP contribution in [0.1, 0.15) is 32.6 Å². The molecule has 1 aliphatic rings. The third kappa shape index (κ3) is 2.73. The van der Waals surface area contributed by atoms with E-state index in [1.165, 1.54) is 0 Å². The van der Waals surface area contributed by atoms with Crippen molar-refractivity contribution in [2.24, 2.45) is 17.1 Å². The van der Waals surface area contributed by atoms with Crippen LogP contribution in [0.25, 0.3) is 0 Å². The van der Waals surface area contributed by atoms with E-state index in [1.54, 1.807) is 0 Å². The molecule has 0 atom stereocenters. The van der Waals surface area contributed by atoms with E-state index < -0.39 is 0 Å². The van der Waals surface area contributed by atoms with Gasteiger partial charge in [-0.25, -0.2) is 0 Å². The molecule has 3 heteroatoms. The molecule has 0 aromatic heterocycles. The summed E-state index contributed by atoms with van der Waals surface area (Å²) in [6, 6.07) is 0. The molecule has 0 spiro atoms. The molecule has 3 nitrogen and oxygen atoms in total. The minimum Gasteiger partial charge on any atom is -0.345 e. The number of nitrogens with two attached hydrogens (primary N) is 1. The molecule has 15 heavy (non-hydrogen) atoms. The predicted molar refractivity (Wildman–Crippen MR) is 61.0 cm³/mol. The average molecular weight is 208 g/mol. The summed E-state index contributed by atoms with van der Waals surface area (Å²) in [4.78, 5) is 11.9. The minimum absolute atomic E-state index is 0.0369. The maximum atomic E-state index is 11.9. The van der Waals surface area contributed by atoms with Gasteiger partial charge in [-0.3, -0.25) is 4.79 Å². The van der Waals surface area contributed by atoms with Gasteiger partial charge in [0.2, 0.25) is 5.91 Å². The van der Waals surface area contributed by atoms with Crippen molar-refractivity contribution in [1.29, 1.82) is 0 Å². The van der Waals surface area contributed by atoms with Crippen LogP contribution in [0.4, 0.5) is 0 Å². The molecule has 0 unspecified atom stereocenters. The smallest absolute Gasteiger partial charge is 0.228 e. The Labute approximate surface area is 91.8 Å². The number of carbonyl (C=O) groups is 1. The maximum Gasteiger partial charge on any atom is 0.228 e. The lowest BCUT2D eigenvalue weighted by Gasteiger charge is -2.36. The summed E-state index contributed by atoms with van der Waals surface area (Å²) in [5, 5.41) is 2.75. The molecule has 3 N–H and O–H groups in total. The fourth-order valence-corrected chi connectivity index (χ4v) is 2.16. The highest BCUT2D eigenvalue weighted by atomic mass is 16.2. The van der Waals surface area contributed by atoms with E-state index in [9.17, 15) is 4.79 Å². The number of hydrogen-bond donors (Lipinski definition) is 2. The van der Waals surface area contributed by atoms with Crippen LogP contribution in [0, 0.1) is 23.7 Å². The third-order valence-corrected chi connectivity index (χ3v) is 3.45. The summed E-state index contributed by atoms with van der Waals surface area (Å²) in [5.74, 6) is 3.16. The second-order valence-electron chi connectivity index (χ2n) is 4.55. The fraction of sp³-hybridized carbons (Fsp3) is 0.750. The van der Waals surface area contributed by atoms with Gasteiger partial charge >= 0.3 is 0 Å². The quantitative estimate of drug-likeness (QED) is 0.677. The average Bonchev–Trinajstić information content (AvgIpc) is 2.27. The Balaban J connectivity index is 2.60. The highest BCUT2D eigenvalue weighted by molar-refractivity contribution is 5.83. The monoisotopic (exact) mass is 208 g/mol. The molecule has 84 valence electrons. The van der Waals surface area contributed by atoms with Gasteiger partial charge in [0.1, 0.15) is 0 Å². The Morgan fingerprint density at radius 3 is 2.67 bits per heavy atom. The molecule has 0 aliphatic heterocycles. The SMILES string of the molecule is C#CCNC(=O)C1(CN)CCC(C)CC1. The second-order valence-corrected chi connectivity index (χ2v) is 4.55. The molecule has 1 fully saturated rings. The Hall–Kier alpha value is -1.01. The second kappa shape index (κ2) is 5.18. The van der Waals surface area contributed by atoms with Crippen molar-refractivity contribution in [3.63, 3.8) is 0 Å². The Kier molecular flexibility index (Phi) is 4.16. The number of terminal acetylenes is 1. The Morgan fingerprint density at radius 2 is 2.20 bits per heavy atom. The van der Waals surface area contributed by atoms with Gasteiger partial charge in [0.15, 0.2) is 0 Å². The van der Waals surface area contributed by atoms with Crippen LogP contribution in [-0.2, 0) is 4.79 Å². The molecule has 0 aromatic carbocycles. The van der Waals surface area contributed by atoms with Crippen molar-refractivity contribution in [3.8, 4) is 12.3 Å². The summed E-state index contributed by atoms with van der Waals surface area (Å²) in [6.07, 6.45) is 9.06. The molecule has 0 bridgehead atoms. The lowest BCUT2D eigenvalue weighted by Crippen LogP contribution is -2.48. The molecule has 0 radical (unpaired) electrons. The minimum atomic E-state index is -0.358. The molecule has 1 aliphatic carbocycles. The Bertz CT molecular complexity index is 259. The largest absolute Gasteiger partial charge is 0.345 e. The zero-order valence-corrected chi connectivity index (χ0v) is 9.38. The van der Waals surface area contributed by atoms with E-state index in [0.717, 1.165) is 25.7 Å². The van der Waals surface area contributed by atoms with E-state index in [4.69, 9.17) is 12.2 Å². The zero-order valence-electron chi connectivity index (χ0n) is 9.38. The van der Waals surface area contributed by atoms with Gasteiger partial charge < -0.3 is 11.1 Å². The van der Waals surface area contributed by atoms with Crippen LogP contribution in [0.2, 0.25) is 0 Å². The van der Waals surface area contributed by atoms with Gasteiger partial charge in [0, 0.05) is 6.54 Å². The van der Waals surface area contributed by atoms with E-state index in [-0.39, 0.29) is 11.3 Å². The standard InChI is InChI=1S/C12H20N2O/c1-3-8-14-11(15)12(9-13)6-4-10(2)5-7-12/h1,10H,4-9,13H2,2H3,(H,14,15). The lowest BCUT2D eigenvalue weighted by molar-refractivity contribution is -0.132. The number of amides is 1. The third-order valence-electron chi connectivity index (χ3n) is 3.45. The van der Waals surface area contributed by atoms with Crippen molar-refractivity contribution in [3.05, 3.63) is 0 Å². The highest BCUT2D eigenvalue weighted by Gasteiger charge is 2.39. The molecule has 0 saturated heterocycles. The normalized spacial score (nSPS) is 30.6. The van der Waals surface area contributed by atoms with Crippen LogP contribution in [0.3, 0.4) is 0 Å². The molecule has 0 heterocycles. The first-order valence-electron chi connectivity index (χ1n) is 5.56.